The molecule has 9 heteroatoms. The predicted octanol–water partition coefficient (Wildman–Crippen LogP) is 3.21. The number of aryl methyl sites for hydroxylation is 1. The van der Waals surface area contributed by atoms with Gasteiger partial charge in [0.15, 0.2) is 0 Å². The Labute approximate surface area is 191 Å². The highest BCUT2D eigenvalue weighted by Gasteiger charge is 2.27. The van der Waals surface area contributed by atoms with Crippen LogP contribution in [0.3, 0.4) is 0 Å². The molecule has 172 valence electrons. The molecule has 1 N–H and O–H groups in total. The number of nitrogens with zero attached hydrogens (tertiary/aromatic N) is 3. The third-order valence-electron chi connectivity index (χ3n) is 5.61. The van der Waals surface area contributed by atoms with Gasteiger partial charge in [-0.05, 0) is 42.8 Å². The van der Waals surface area contributed by atoms with Crippen LogP contribution in [-0.4, -0.2) is 54.4 Å². The molecule has 2 amide bonds. The molecule has 0 spiro atoms. The van der Waals surface area contributed by atoms with Crippen LogP contribution in [0.4, 0.5) is 5.69 Å². The van der Waals surface area contributed by atoms with Crippen LogP contribution in [0.2, 0.25) is 0 Å². The van der Waals surface area contributed by atoms with Crippen molar-refractivity contribution < 1.29 is 23.8 Å². The first-order valence-corrected chi connectivity index (χ1v) is 10.6. The van der Waals surface area contributed by atoms with Crippen LogP contribution in [0.15, 0.2) is 48.7 Å². The van der Waals surface area contributed by atoms with Gasteiger partial charge in [0.1, 0.15) is 17.2 Å². The van der Waals surface area contributed by atoms with E-state index >= 15 is 0 Å². The number of fused-ring (bicyclic) bond motifs is 1. The second-order valence-corrected chi connectivity index (χ2v) is 7.56. The minimum atomic E-state index is -0.280. The van der Waals surface area contributed by atoms with E-state index in [1.54, 1.807) is 72.5 Å². The molecule has 0 fully saturated rings. The van der Waals surface area contributed by atoms with E-state index in [2.05, 4.69) is 10.4 Å². The van der Waals surface area contributed by atoms with Crippen LogP contribution in [0.1, 0.15) is 32.8 Å². The van der Waals surface area contributed by atoms with Crippen molar-refractivity contribution in [3.63, 3.8) is 0 Å². The van der Waals surface area contributed by atoms with Crippen molar-refractivity contribution in [2.75, 3.05) is 33.2 Å². The summed E-state index contributed by atoms with van der Waals surface area (Å²) in [5.74, 6) is 1.29. The van der Waals surface area contributed by atoms with Gasteiger partial charge < -0.3 is 24.4 Å². The largest absolute Gasteiger partial charge is 0.497 e. The molecule has 0 saturated carbocycles. The average molecular weight is 450 g/mol. The molecular weight excluding hydrogens is 424 g/mol. The Morgan fingerprint density at radius 1 is 0.909 bits per heavy atom. The van der Waals surface area contributed by atoms with Crippen molar-refractivity contribution in [2.45, 2.75) is 19.5 Å². The fourth-order valence-electron chi connectivity index (χ4n) is 3.82. The second kappa shape index (κ2) is 9.64. The Balaban J connectivity index is 1.56. The topological polar surface area (TPSA) is 94.9 Å². The van der Waals surface area contributed by atoms with Crippen LogP contribution in [0.25, 0.3) is 0 Å². The van der Waals surface area contributed by atoms with Crippen molar-refractivity contribution in [1.29, 1.82) is 0 Å². The molecule has 0 unspecified atom stereocenters. The van der Waals surface area contributed by atoms with Crippen molar-refractivity contribution in [3.05, 3.63) is 65.5 Å². The van der Waals surface area contributed by atoms with Crippen molar-refractivity contribution >= 4 is 17.5 Å². The molecule has 33 heavy (non-hydrogen) atoms. The smallest absolute Gasteiger partial charge is 0.259 e. The molecular formula is C24H26N4O5. The number of nitrogens with one attached hydrogen (secondary N) is 1. The number of carbonyl (C=O) groups excluding carboxylic acids is 2. The third kappa shape index (κ3) is 4.62. The fourth-order valence-corrected chi connectivity index (χ4v) is 3.82. The SMILES string of the molecule is COc1ccc(NC(=O)c2cnn3c2CN(C(=O)c2ccc(OC)cc2OC)CCC3)cc1. The summed E-state index contributed by atoms with van der Waals surface area (Å²) < 4.78 is 17.6. The number of hydrogen-bond acceptors (Lipinski definition) is 6. The Morgan fingerprint density at radius 3 is 2.33 bits per heavy atom. The first-order valence-electron chi connectivity index (χ1n) is 10.6. The number of benzene rings is 2. The van der Waals surface area contributed by atoms with Crippen LogP contribution in [-0.2, 0) is 13.1 Å². The zero-order valence-electron chi connectivity index (χ0n) is 18.8. The Kier molecular flexibility index (Phi) is 6.48. The zero-order valence-corrected chi connectivity index (χ0v) is 18.8. The highest BCUT2D eigenvalue weighted by atomic mass is 16.5. The van der Waals surface area contributed by atoms with Gasteiger partial charge in [0, 0.05) is 24.8 Å². The maximum absolute atomic E-state index is 13.4. The molecule has 1 aliphatic rings. The quantitative estimate of drug-likeness (QED) is 0.620. The summed E-state index contributed by atoms with van der Waals surface area (Å²) >= 11 is 0. The Morgan fingerprint density at radius 2 is 1.64 bits per heavy atom. The Bertz CT molecular complexity index is 1160. The summed E-state index contributed by atoms with van der Waals surface area (Å²) in [5, 5.41) is 7.27. The van der Waals surface area contributed by atoms with Crippen LogP contribution < -0.4 is 19.5 Å². The van der Waals surface area contributed by atoms with Crippen molar-refractivity contribution in [2.24, 2.45) is 0 Å². The van der Waals surface area contributed by atoms with E-state index in [9.17, 15) is 9.59 Å². The van der Waals surface area contributed by atoms with Gasteiger partial charge in [-0.2, -0.15) is 5.10 Å². The van der Waals surface area contributed by atoms with E-state index in [0.29, 0.717) is 52.8 Å². The van der Waals surface area contributed by atoms with E-state index in [-0.39, 0.29) is 18.4 Å². The van der Waals surface area contributed by atoms with E-state index in [1.165, 1.54) is 7.11 Å². The first kappa shape index (κ1) is 22.2. The van der Waals surface area contributed by atoms with Gasteiger partial charge >= 0.3 is 0 Å². The lowest BCUT2D eigenvalue weighted by Crippen LogP contribution is -2.31. The second-order valence-electron chi connectivity index (χ2n) is 7.56. The average Bonchev–Trinajstić information content (AvgIpc) is 3.13. The Hall–Kier alpha value is -4.01. The molecule has 4 rings (SSSR count). The minimum absolute atomic E-state index is 0.175. The van der Waals surface area contributed by atoms with Gasteiger partial charge in [-0.15, -0.1) is 0 Å². The normalized spacial score (nSPS) is 13.0. The summed E-state index contributed by atoms with van der Waals surface area (Å²) in [6.45, 7) is 1.42. The van der Waals surface area contributed by atoms with E-state index in [1.807, 2.05) is 0 Å². The van der Waals surface area contributed by atoms with Crippen LogP contribution in [0, 0.1) is 0 Å². The number of carbonyl (C=O) groups is 2. The highest BCUT2D eigenvalue weighted by Crippen LogP contribution is 2.27. The number of amides is 2. The standard InChI is InChI=1S/C24H26N4O5/c1-31-17-7-5-16(6-8-17)26-23(29)20-14-25-28-12-4-11-27(15-21(20)28)24(30)19-10-9-18(32-2)13-22(19)33-3/h5-10,13-14H,4,11-12,15H2,1-3H3,(H,26,29). The lowest BCUT2D eigenvalue weighted by atomic mass is 10.1. The number of ether oxygens (including phenoxy) is 3. The molecule has 0 aliphatic carbocycles. The van der Waals surface area contributed by atoms with Gasteiger partial charge in [-0.1, -0.05) is 0 Å². The molecule has 0 saturated heterocycles. The lowest BCUT2D eigenvalue weighted by molar-refractivity contribution is 0.0740. The fraction of sp³-hybridized carbons (Fsp3) is 0.292. The minimum Gasteiger partial charge on any atom is -0.497 e. The van der Waals surface area contributed by atoms with Gasteiger partial charge in [-0.3, -0.25) is 14.3 Å². The van der Waals surface area contributed by atoms with Crippen LogP contribution in [0.5, 0.6) is 17.2 Å². The third-order valence-corrected chi connectivity index (χ3v) is 5.61. The molecule has 3 aromatic rings. The number of methoxy groups -OCH3 is 3. The molecule has 0 atom stereocenters. The zero-order chi connectivity index (χ0) is 23.4. The van der Waals surface area contributed by atoms with Gasteiger partial charge in [0.05, 0.1) is 50.9 Å². The number of rotatable bonds is 6. The molecule has 2 aromatic carbocycles. The summed E-state index contributed by atoms with van der Waals surface area (Å²) in [6, 6.07) is 12.2. The van der Waals surface area contributed by atoms with Gasteiger partial charge in [0.25, 0.3) is 11.8 Å². The van der Waals surface area contributed by atoms with Gasteiger partial charge in [-0.25, -0.2) is 0 Å². The summed E-state index contributed by atoms with van der Waals surface area (Å²) in [7, 11) is 4.67. The van der Waals surface area contributed by atoms with Crippen molar-refractivity contribution in [3.8, 4) is 17.2 Å². The molecule has 1 aromatic heterocycles. The number of hydrogen-bond donors (Lipinski definition) is 1. The summed E-state index contributed by atoms with van der Waals surface area (Å²) in [4.78, 5) is 28.1. The molecule has 1 aliphatic heterocycles. The predicted molar refractivity (Wildman–Crippen MR) is 122 cm³/mol. The maximum atomic E-state index is 13.4. The maximum Gasteiger partial charge on any atom is 0.259 e. The number of aromatic nitrogens is 2. The van der Waals surface area contributed by atoms with E-state index in [4.69, 9.17) is 14.2 Å². The monoisotopic (exact) mass is 450 g/mol. The van der Waals surface area contributed by atoms with Crippen molar-refractivity contribution in [1.82, 2.24) is 14.7 Å². The first-order chi connectivity index (χ1) is 16.0. The summed E-state index contributed by atoms with van der Waals surface area (Å²) in [6.07, 6.45) is 2.27. The van der Waals surface area contributed by atoms with E-state index in [0.717, 1.165) is 6.42 Å². The molecule has 0 radical (unpaired) electrons. The molecule has 9 nitrogen and oxygen atoms in total. The number of anilines is 1. The van der Waals surface area contributed by atoms with Crippen LogP contribution >= 0.6 is 0 Å². The molecule has 0 bridgehead atoms. The molecule has 2 heterocycles. The summed E-state index contributed by atoms with van der Waals surface area (Å²) in [5.41, 5.74) is 2.22. The highest BCUT2D eigenvalue weighted by molar-refractivity contribution is 6.05. The van der Waals surface area contributed by atoms with E-state index < -0.39 is 0 Å². The van der Waals surface area contributed by atoms with Gasteiger partial charge in [0.2, 0.25) is 0 Å². The lowest BCUT2D eigenvalue weighted by Gasteiger charge is -2.22.